The Labute approximate surface area is 141 Å². The number of amides is 1. The zero-order valence-corrected chi connectivity index (χ0v) is 13.9. The van der Waals surface area contributed by atoms with E-state index >= 15 is 0 Å². The second-order valence-corrected chi connectivity index (χ2v) is 6.68. The summed E-state index contributed by atoms with van der Waals surface area (Å²) < 4.78 is 5.43. The Balaban J connectivity index is 1.44. The Morgan fingerprint density at radius 2 is 2.25 bits per heavy atom. The smallest absolute Gasteiger partial charge is 0.291 e. The number of hydrogen-bond donors (Lipinski definition) is 1. The van der Waals surface area contributed by atoms with E-state index in [9.17, 15) is 4.79 Å². The summed E-state index contributed by atoms with van der Waals surface area (Å²) >= 11 is 0. The van der Waals surface area contributed by atoms with Crippen LogP contribution < -0.4 is 5.32 Å². The number of aromatic nitrogens is 2. The van der Waals surface area contributed by atoms with Gasteiger partial charge >= 0.3 is 0 Å². The Hall–Kier alpha value is -2.37. The molecule has 2 aliphatic rings. The molecule has 0 spiro atoms. The van der Waals surface area contributed by atoms with E-state index < -0.39 is 0 Å². The quantitative estimate of drug-likeness (QED) is 0.914. The third-order valence-corrected chi connectivity index (χ3v) is 4.80. The number of anilines is 1. The normalized spacial score (nSPS) is 20.4. The number of nitrogens with one attached hydrogen (secondary N) is 1. The second-order valence-electron chi connectivity index (χ2n) is 6.68. The van der Waals surface area contributed by atoms with E-state index in [1.807, 2.05) is 30.0 Å². The van der Waals surface area contributed by atoms with Crippen LogP contribution in [0.1, 0.15) is 53.5 Å². The van der Waals surface area contributed by atoms with Crippen LogP contribution >= 0.6 is 0 Å². The Bertz CT molecular complexity index is 738. The molecule has 1 amide bonds. The Kier molecular flexibility index (Phi) is 3.96. The van der Waals surface area contributed by atoms with Crippen LogP contribution in [0.3, 0.4) is 0 Å². The number of likely N-dealkylation sites (tertiary alicyclic amines) is 1. The molecule has 1 aliphatic heterocycles. The van der Waals surface area contributed by atoms with Crippen molar-refractivity contribution in [2.75, 3.05) is 18.4 Å². The van der Waals surface area contributed by atoms with Gasteiger partial charge in [0.2, 0.25) is 5.76 Å². The van der Waals surface area contributed by atoms with Crippen molar-refractivity contribution in [3.8, 4) is 0 Å². The van der Waals surface area contributed by atoms with Gasteiger partial charge in [0.25, 0.3) is 5.91 Å². The molecule has 4 rings (SSSR count). The predicted molar refractivity (Wildman–Crippen MR) is 90.0 cm³/mol. The average Bonchev–Trinajstić information content (AvgIpc) is 3.12. The van der Waals surface area contributed by atoms with Gasteiger partial charge in [-0.15, -0.1) is 0 Å². The fraction of sp³-hybridized carbons (Fsp3) is 0.500. The largest absolute Gasteiger partial charge is 0.438 e. The lowest BCUT2D eigenvalue weighted by Crippen LogP contribution is -2.39. The van der Waals surface area contributed by atoms with Gasteiger partial charge in [-0.1, -0.05) is 6.07 Å². The van der Waals surface area contributed by atoms with E-state index in [4.69, 9.17) is 4.42 Å². The number of rotatable bonds is 5. The van der Waals surface area contributed by atoms with E-state index in [2.05, 4.69) is 15.3 Å². The molecule has 3 heterocycles. The maximum atomic E-state index is 12.9. The molecule has 2 aromatic rings. The van der Waals surface area contributed by atoms with Crippen molar-refractivity contribution < 1.29 is 9.21 Å². The summed E-state index contributed by atoms with van der Waals surface area (Å²) in [7, 11) is 0. The minimum atomic E-state index is -0.0177. The van der Waals surface area contributed by atoms with Gasteiger partial charge in [-0.3, -0.25) is 4.79 Å². The number of hydrogen-bond acceptors (Lipinski definition) is 5. The minimum Gasteiger partial charge on any atom is -0.438 e. The van der Waals surface area contributed by atoms with Crippen LogP contribution in [0.15, 0.2) is 29.0 Å². The van der Waals surface area contributed by atoms with Crippen molar-refractivity contribution in [1.82, 2.24) is 14.9 Å². The molecular weight excluding hydrogens is 304 g/mol. The molecule has 1 aliphatic carbocycles. The monoisotopic (exact) mass is 326 g/mol. The van der Waals surface area contributed by atoms with Gasteiger partial charge in [-0.05, 0) is 44.7 Å². The fourth-order valence-electron chi connectivity index (χ4n) is 3.37. The first kappa shape index (κ1) is 15.2. The first-order valence-electron chi connectivity index (χ1n) is 8.64. The maximum absolute atomic E-state index is 12.9. The summed E-state index contributed by atoms with van der Waals surface area (Å²) in [6.07, 6.45) is 5.64. The molecule has 1 saturated carbocycles. The summed E-state index contributed by atoms with van der Waals surface area (Å²) in [6.45, 7) is 3.45. The van der Waals surface area contributed by atoms with Crippen molar-refractivity contribution >= 4 is 11.7 Å². The lowest BCUT2D eigenvalue weighted by atomic mass is 10.2. The fourth-order valence-corrected chi connectivity index (χ4v) is 3.37. The minimum absolute atomic E-state index is 0.0177. The topological polar surface area (TPSA) is 71.3 Å². The highest BCUT2D eigenvalue weighted by atomic mass is 16.3. The van der Waals surface area contributed by atoms with E-state index in [0.29, 0.717) is 18.2 Å². The average molecular weight is 326 g/mol. The number of nitrogens with zero attached hydrogens (tertiary/aromatic N) is 3. The number of oxazole rings is 1. The van der Waals surface area contributed by atoms with Gasteiger partial charge < -0.3 is 14.6 Å². The molecule has 6 nitrogen and oxygen atoms in total. The number of aryl methyl sites for hydroxylation is 1. The second kappa shape index (κ2) is 6.26. The lowest BCUT2D eigenvalue weighted by molar-refractivity contribution is 0.0710. The Morgan fingerprint density at radius 3 is 3.04 bits per heavy atom. The number of carbonyl (C=O) groups excluding carboxylic acids is 1. The third-order valence-electron chi connectivity index (χ3n) is 4.80. The summed E-state index contributed by atoms with van der Waals surface area (Å²) in [6, 6.07) is 6.07. The molecule has 1 N–H and O–H groups in total. The van der Waals surface area contributed by atoms with Crippen molar-refractivity contribution in [1.29, 1.82) is 0 Å². The first-order valence-corrected chi connectivity index (χ1v) is 8.64. The summed E-state index contributed by atoms with van der Waals surface area (Å²) in [5.74, 6) is 1.69. The summed E-state index contributed by atoms with van der Waals surface area (Å²) in [5.41, 5.74) is 1.83. The van der Waals surface area contributed by atoms with Gasteiger partial charge in [-0.2, -0.15) is 0 Å². The highest BCUT2D eigenvalue weighted by molar-refractivity contribution is 5.93. The summed E-state index contributed by atoms with van der Waals surface area (Å²) in [5, 5.41) is 3.36. The molecule has 1 saturated heterocycles. The highest BCUT2D eigenvalue weighted by Crippen LogP contribution is 2.41. The molecule has 0 aromatic carbocycles. The number of pyridine rings is 1. The molecule has 2 fully saturated rings. The van der Waals surface area contributed by atoms with Gasteiger partial charge in [0, 0.05) is 30.7 Å². The van der Waals surface area contributed by atoms with Crippen molar-refractivity contribution in [2.45, 2.75) is 44.6 Å². The van der Waals surface area contributed by atoms with Gasteiger partial charge in [-0.25, -0.2) is 9.97 Å². The molecule has 0 radical (unpaired) electrons. The van der Waals surface area contributed by atoms with E-state index in [1.54, 1.807) is 0 Å². The molecular formula is C18H22N4O2. The van der Waals surface area contributed by atoms with Gasteiger partial charge in [0.1, 0.15) is 5.82 Å². The third kappa shape index (κ3) is 3.00. The van der Waals surface area contributed by atoms with E-state index in [1.165, 1.54) is 6.39 Å². The van der Waals surface area contributed by atoms with Crippen LogP contribution in [0.5, 0.6) is 0 Å². The van der Waals surface area contributed by atoms with E-state index in [-0.39, 0.29) is 11.9 Å². The molecule has 1 unspecified atom stereocenters. The molecule has 24 heavy (non-hydrogen) atoms. The van der Waals surface area contributed by atoms with Crippen LogP contribution in [0.2, 0.25) is 0 Å². The van der Waals surface area contributed by atoms with Crippen LogP contribution in [0, 0.1) is 6.92 Å². The van der Waals surface area contributed by atoms with E-state index in [0.717, 1.165) is 49.4 Å². The van der Waals surface area contributed by atoms with Gasteiger partial charge in [0.15, 0.2) is 6.39 Å². The zero-order valence-electron chi connectivity index (χ0n) is 13.9. The standard InChI is InChI=1S/C18H22N4O2/c1-12-4-2-6-15(21-12)19-10-14-5-3-9-22(14)18(23)17-16(13-7-8-13)20-11-24-17/h2,4,6,11,13-14H,3,5,7-10H2,1H3,(H,19,21). The zero-order chi connectivity index (χ0) is 16.5. The lowest BCUT2D eigenvalue weighted by Gasteiger charge is -2.24. The molecule has 1 atom stereocenters. The summed E-state index contributed by atoms with van der Waals surface area (Å²) in [4.78, 5) is 23.5. The maximum Gasteiger partial charge on any atom is 0.291 e. The molecule has 0 bridgehead atoms. The van der Waals surface area contributed by atoms with Crippen LogP contribution in [0.25, 0.3) is 0 Å². The van der Waals surface area contributed by atoms with Crippen molar-refractivity contribution in [3.63, 3.8) is 0 Å². The van der Waals surface area contributed by atoms with Crippen LogP contribution in [-0.4, -0.2) is 39.9 Å². The predicted octanol–water partition coefficient (Wildman–Crippen LogP) is 2.97. The van der Waals surface area contributed by atoms with Crippen molar-refractivity contribution in [3.05, 3.63) is 41.7 Å². The molecule has 2 aromatic heterocycles. The Morgan fingerprint density at radius 1 is 1.38 bits per heavy atom. The number of carbonyl (C=O) groups is 1. The van der Waals surface area contributed by atoms with Crippen molar-refractivity contribution in [2.24, 2.45) is 0 Å². The highest BCUT2D eigenvalue weighted by Gasteiger charge is 2.36. The SMILES string of the molecule is Cc1cccc(NCC2CCCN2C(=O)c2ocnc2C2CC2)n1. The van der Waals surface area contributed by atoms with Crippen LogP contribution in [0.4, 0.5) is 5.82 Å². The first-order chi connectivity index (χ1) is 11.7. The molecule has 6 heteroatoms. The molecule has 126 valence electrons. The van der Waals surface area contributed by atoms with Gasteiger partial charge in [0.05, 0.1) is 5.69 Å². The van der Waals surface area contributed by atoms with Crippen LogP contribution in [-0.2, 0) is 0 Å².